The third kappa shape index (κ3) is 4.80. The van der Waals surface area contributed by atoms with Gasteiger partial charge in [-0.25, -0.2) is 9.97 Å². The maximum atomic E-state index is 13.5. The summed E-state index contributed by atoms with van der Waals surface area (Å²) < 4.78 is 16.0. The zero-order chi connectivity index (χ0) is 27.5. The summed E-state index contributed by atoms with van der Waals surface area (Å²) in [5.74, 6) is -1.39. The lowest BCUT2D eigenvalue weighted by Crippen LogP contribution is -2.52. The molecule has 1 saturated heterocycles. The number of benzene rings is 1. The molecule has 1 aromatic carbocycles. The maximum Gasteiger partial charge on any atom is 0.319 e. The maximum absolute atomic E-state index is 13.5. The quantitative estimate of drug-likeness (QED) is 0.447. The molecule has 1 N–H and O–H groups in total. The van der Waals surface area contributed by atoms with Gasteiger partial charge in [-0.3, -0.25) is 14.4 Å². The number of ether oxygens (including phenoxy) is 3. The van der Waals surface area contributed by atoms with Crippen molar-refractivity contribution in [2.45, 2.75) is 5.92 Å². The molecule has 39 heavy (non-hydrogen) atoms. The van der Waals surface area contributed by atoms with E-state index < -0.39 is 17.6 Å². The molecule has 5 rings (SSSR count). The van der Waals surface area contributed by atoms with E-state index in [1.807, 2.05) is 18.2 Å². The van der Waals surface area contributed by atoms with Gasteiger partial charge in [-0.2, -0.15) is 4.98 Å². The zero-order valence-electron chi connectivity index (χ0n) is 21.8. The van der Waals surface area contributed by atoms with Crippen molar-refractivity contribution in [2.24, 2.45) is 0 Å². The van der Waals surface area contributed by atoms with E-state index in [0.29, 0.717) is 46.9 Å². The number of nitrogens with zero attached hydrogens (tertiary/aromatic N) is 5. The molecule has 1 atom stereocenters. The SMILES string of the molecule is COc1ncc(-c2ncc(OC)c3c2NCC3C(=O)C(=O)N2CCN(C(=O)c3ccccc3)CC2)c(OC)n1. The van der Waals surface area contributed by atoms with Crippen LogP contribution in [0.15, 0.2) is 42.7 Å². The fraction of sp³-hybridized carbons (Fsp3) is 0.333. The van der Waals surface area contributed by atoms with E-state index in [4.69, 9.17) is 14.2 Å². The molecule has 1 fully saturated rings. The Bertz CT molecular complexity index is 1410. The van der Waals surface area contributed by atoms with Gasteiger partial charge in [-0.15, -0.1) is 0 Å². The summed E-state index contributed by atoms with van der Waals surface area (Å²) >= 11 is 0. The van der Waals surface area contributed by atoms with Gasteiger partial charge in [0.05, 0.1) is 44.7 Å². The van der Waals surface area contributed by atoms with Gasteiger partial charge in [0.2, 0.25) is 11.7 Å². The molecule has 0 saturated carbocycles. The number of carbonyl (C=O) groups excluding carboxylic acids is 3. The van der Waals surface area contributed by atoms with Crippen LogP contribution in [0.4, 0.5) is 5.69 Å². The summed E-state index contributed by atoms with van der Waals surface area (Å²) in [5.41, 5.74) is 2.63. The zero-order valence-corrected chi connectivity index (χ0v) is 21.8. The fourth-order valence-corrected chi connectivity index (χ4v) is 4.88. The van der Waals surface area contributed by atoms with Crippen molar-refractivity contribution in [1.82, 2.24) is 24.8 Å². The molecule has 2 aliphatic rings. The molecule has 12 heteroatoms. The third-order valence-corrected chi connectivity index (χ3v) is 6.90. The van der Waals surface area contributed by atoms with Crippen LogP contribution in [-0.2, 0) is 9.59 Å². The highest BCUT2D eigenvalue weighted by atomic mass is 16.5. The lowest BCUT2D eigenvalue weighted by molar-refractivity contribution is -0.146. The molecule has 2 amide bonds. The second kappa shape index (κ2) is 10.9. The largest absolute Gasteiger partial charge is 0.495 e. The number of hydrogen-bond donors (Lipinski definition) is 1. The molecule has 2 aromatic heterocycles. The minimum absolute atomic E-state index is 0.0920. The summed E-state index contributed by atoms with van der Waals surface area (Å²) in [7, 11) is 4.41. The van der Waals surface area contributed by atoms with Crippen molar-refractivity contribution in [3.63, 3.8) is 0 Å². The Kier molecular flexibility index (Phi) is 7.26. The Hall–Kier alpha value is -4.74. The molecule has 0 aliphatic carbocycles. The molecule has 0 spiro atoms. The molecule has 2 aliphatic heterocycles. The van der Waals surface area contributed by atoms with Gasteiger partial charge < -0.3 is 29.3 Å². The van der Waals surface area contributed by atoms with Gasteiger partial charge in [-0.05, 0) is 12.1 Å². The minimum Gasteiger partial charge on any atom is -0.495 e. The van der Waals surface area contributed by atoms with Crippen LogP contribution in [0.2, 0.25) is 0 Å². The van der Waals surface area contributed by atoms with Crippen molar-refractivity contribution >= 4 is 23.3 Å². The number of Topliss-reactive ketones (excluding diaryl/α,β-unsaturated/α-hetero) is 1. The van der Waals surface area contributed by atoms with Crippen molar-refractivity contribution in [3.8, 4) is 28.9 Å². The number of ketones is 1. The Morgan fingerprint density at radius 3 is 2.28 bits per heavy atom. The van der Waals surface area contributed by atoms with E-state index in [1.54, 1.807) is 17.0 Å². The van der Waals surface area contributed by atoms with Gasteiger partial charge in [-0.1, -0.05) is 18.2 Å². The Morgan fingerprint density at radius 1 is 0.897 bits per heavy atom. The van der Waals surface area contributed by atoms with Crippen LogP contribution in [0, 0.1) is 0 Å². The van der Waals surface area contributed by atoms with Crippen LogP contribution in [0.5, 0.6) is 17.6 Å². The number of amides is 2. The van der Waals surface area contributed by atoms with Gasteiger partial charge in [0.15, 0.2) is 0 Å². The van der Waals surface area contributed by atoms with Crippen molar-refractivity contribution in [1.29, 1.82) is 0 Å². The van der Waals surface area contributed by atoms with Crippen LogP contribution in [0.3, 0.4) is 0 Å². The first-order valence-corrected chi connectivity index (χ1v) is 12.4. The molecule has 202 valence electrons. The summed E-state index contributed by atoms with van der Waals surface area (Å²) in [6, 6.07) is 9.14. The van der Waals surface area contributed by atoms with E-state index in [9.17, 15) is 14.4 Å². The molecular formula is C27H28N6O6. The first kappa shape index (κ1) is 25.9. The van der Waals surface area contributed by atoms with E-state index >= 15 is 0 Å². The smallest absolute Gasteiger partial charge is 0.319 e. The molecular weight excluding hydrogens is 504 g/mol. The average molecular weight is 533 g/mol. The summed E-state index contributed by atoms with van der Waals surface area (Å²) in [4.78, 5) is 55.7. The van der Waals surface area contributed by atoms with Crippen molar-refractivity contribution in [2.75, 3.05) is 59.4 Å². The molecule has 3 aromatic rings. The van der Waals surface area contributed by atoms with Crippen LogP contribution in [0.1, 0.15) is 21.8 Å². The molecule has 1 unspecified atom stereocenters. The lowest BCUT2D eigenvalue weighted by atomic mass is 9.94. The number of hydrogen-bond acceptors (Lipinski definition) is 10. The minimum atomic E-state index is -0.779. The highest BCUT2D eigenvalue weighted by Crippen LogP contribution is 2.45. The highest BCUT2D eigenvalue weighted by Gasteiger charge is 2.40. The summed E-state index contributed by atoms with van der Waals surface area (Å²) in [5, 5.41) is 3.22. The number of methoxy groups -OCH3 is 3. The Labute approximate surface area is 224 Å². The van der Waals surface area contributed by atoms with Gasteiger partial charge >= 0.3 is 6.01 Å². The number of aromatic nitrogens is 3. The highest BCUT2D eigenvalue weighted by molar-refractivity contribution is 6.38. The fourth-order valence-electron chi connectivity index (χ4n) is 4.88. The number of rotatable bonds is 7. The number of anilines is 1. The number of piperazine rings is 1. The monoisotopic (exact) mass is 532 g/mol. The van der Waals surface area contributed by atoms with Crippen LogP contribution >= 0.6 is 0 Å². The predicted octanol–water partition coefficient (Wildman–Crippen LogP) is 1.63. The standard InChI is InChI=1S/C27H28N6O6/c1-37-19-15-29-21(18-14-30-27(39-3)31-24(18)38-2)22-20(19)17(13-28-22)23(34)26(36)33-11-9-32(10-12-33)25(35)16-7-5-4-6-8-16/h4-8,14-15,17,28H,9-13H2,1-3H3. The summed E-state index contributed by atoms with van der Waals surface area (Å²) in [6.45, 7) is 1.44. The normalized spacial score (nSPS) is 16.2. The van der Waals surface area contributed by atoms with Crippen molar-refractivity contribution < 1.29 is 28.6 Å². The first-order valence-electron chi connectivity index (χ1n) is 12.4. The predicted molar refractivity (Wildman–Crippen MR) is 140 cm³/mol. The van der Waals surface area contributed by atoms with E-state index in [-0.39, 0.29) is 37.4 Å². The van der Waals surface area contributed by atoms with Crippen LogP contribution in [0.25, 0.3) is 11.3 Å². The summed E-state index contributed by atoms with van der Waals surface area (Å²) in [6.07, 6.45) is 3.03. The van der Waals surface area contributed by atoms with Crippen molar-refractivity contribution in [3.05, 3.63) is 53.9 Å². The third-order valence-electron chi connectivity index (χ3n) is 6.90. The number of pyridine rings is 1. The number of fused-ring (bicyclic) bond motifs is 1. The number of carbonyl (C=O) groups is 3. The molecule has 4 heterocycles. The van der Waals surface area contributed by atoms with E-state index in [2.05, 4.69) is 20.3 Å². The Morgan fingerprint density at radius 2 is 1.62 bits per heavy atom. The van der Waals surface area contributed by atoms with E-state index in [0.717, 1.165) is 0 Å². The van der Waals surface area contributed by atoms with Gasteiger partial charge in [0, 0.05) is 50.0 Å². The van der Waals surface area contributed by atoms with E-state index in [1.165, 1.54) is 38.6 Å². The van der Waals surface area contributed by atoms with Gasteiger partial charge in [0.25, 0.3) is 11.8 Å². The second-order valence-corrected chi connectivity index (χ2v) is 8.99. The van der Waals surface area contributed by atoms with Crippen LogP contribution < -0.4 is 19.5 Å². The molecule has 0 radical (unpaired) electrons. The lowest BCUT2D eigenvalue weighted by Gasteiger charge is -2.34. The number of nitrogens with one attached hydrogen (secondary N) is 1. The van der Waals surface area contributed by atoms with Crippen LogP contribution in [-0.4, -0.2) is 96.4 Å². The molecule has 12 nitrogen and oxygen atoms in total. The first-order chi connectivity index (χ1) is 19.0. The second-order valence-electron chi connectivity index (χ2n) is 8.99. The average Bonchev–Trinajstić information content (AvgIpc) is 3.45. The topological polar surface area (TPSA) is 136 Å². The Balaban J connectivity index is 1.36. The van der Waals surface area contributed by atoms with Gasteiger partial charge in [0.1, 0.15) is 11.4 Å². The molecule has 0 bridgehead atoms.